The molecule has 1 aliphatic heterocycles. The molecule has 2 fully saturated rings. The van der Waals surface area contributed by atoms with Crippen molar-refractivity contribution < 1.29 is 19.0 Å². The molecule has 0 bridgehead atoms. The Kier molecular flexibility index (Phi) is 4.78. The molecule has 1 aromatic carbocycles. The number of aliphatic hydroxyl groups is 1. The molecule has 2 amide bonds. The summed E-state index contributed by atoms with van der Waals surface area (Å²) in [6.45, 7) is 5.34. The Balaban J connectivity index is 1.60. The molecule has 6 heteroatoms. The summed E-state index contributed by atoms with van der Waals surface area (Å²) in [5.74, 6) is -0.398. The van der Waals surface area contributed by atoms with Crippen molar-refractivity contribution in [3.8, 4) is 0 Å². The van der Waals surface area contributed by atoms with Gasteiger partial charge in [-0.1, -0.05) is 12.1 Å². The van der Waals surface area contributed by atoms with E-state index in [0.29, 0.717) is 44.5 Å². The number of nitrogens with one attached hydrogen (secondary N) is 1. The first kappa shape index (κ1) is 17.2. The van der Waals surface area contributed by atoms with Gasteiger partial charge in [0.1, 0.15) is 5.82 Å². The number of urea groups is 1. The topological polar surface area (TPSA) is 61.8 Å². The van der Waals surface area contributed by atoms with Gasteiger partial charge in [0.05, 0.1) is 17.9 Å². The van der Waals surface area contributed by atoms with E-state index >= 15 is 0 Å². The first-order chi connectivity index (χ1) is 11.5. The predicted octanol–water partition coefficient (Wildman–Crippen LogP) is 2.92. The lowest BCUT2D eigenvalue weighted by Crippen LogP contribution is -2.63. The van der Waals surface area contributed by atoms with Gasteiger partial charge in [0, 0.05) is 31.5 Å². The van der Waals surface area contributed by atoms with E-state index in [1.54, 1.807) is 30.0 Å². The molecule has 1 spiro atoms. The zero-order chi connectivity index (χ0) is 17.3. The van der Waals surface area contributed by atoms with Crippen LogP contribution in [0.2, 0.25) is 0 Å². The van der Waals surface area contributed by atoms with Crippen LogP contribution in [0.25, 0.3) is 0 Å². The number of nitrogens with zero attached hydrogens (tertiary/aromatic N) is 1. The van der Waals surface area contributed by atoms with Crippen LogP contribution < -0.4 is 5.32 Å². The van der Waals surface area contributed by atoms with Crippen molar-refractivity contribution in [3.05, 3.63) is 29.6 Å². The molecule has 24 heavy (non-hydrogen) atoms. The van der Waals surface area contributed by atoms with E-state index in [2.05, 4.69) is 5.32 Å². The highest BCUT2D eigenvalue weighted by Gasteiger charge is 2.56. The first-order valence-corrected chi connectivity index (χ1v) is 8.58. The number of hydrogen-bond acceptors (Lipinski definition) is 3. The number of piperidine rings is 1. The number of amides is 2. The minimum absolute atomic E-state index is 0.0805. The second kappa shape index (κ2) is 6.69. The molecule has 2 N–H and O–H groups in total. The molecular weight excluding hydrogens is 311 g/mol. The third-order valence-corrected chi connectivity index (χ3v) is 5.53. The fourth-order valence-corrected chi connectivity index (χ4v) is 3.88. The number of rotatable bonds is 3. The predicted molar refractivity (Wildman–Crippen MR) is 89.4 cm³/mol. The van der Waals surface area contributed by atoms with Gasteiger partial charge in [-0.25, -0.2) is 9.18 Å². The quantitative estimate of drug-likeness (QED) is 0.892. The maximum absolute atomic E-state index is 14.0. The molecular formula is C18H25FN2O3. The Labute approximate surface area is 141 Å². The van der Waals surface area contributed by atoms with Gasteiger partial charge in [0.15, 0.2) is 0 Å². The lowest BCUT2D eigenvalue weighted by molar-refractivity contribution is -0.207. The van der Waals surface area contributed by atoms with E-state index < -0.39 is 5.82 Å². The molecule has 1 aromatic rings. The minimum Gasteiger partial charge on any atom is -0.392 e. The van der Waals surface area contributed by atoms with Crippen LogP contribution in [-0.4, -0.2) is 47.9 Å². The van der Waals surface area contributed by atoms with Crippen LogP contribution in [0.1, 0.15) is 31.7 Å². The molecule has 0 radical (unpaired) electrons. The van der Waals surface area contributed by atoms with Crippen LogP contribution in [0.5, 0.6) is 0 Å². The number of carbonyl (C=O) groups is 1. The van der Waals surface area contributed by atoms with E-state index in [1.165, 1.54) is 0 Å². The summed E-state index contributed by atoms with van der Waals surface area (Å²) < 4.78 is 19.8. The summed E-state index contributed by atoms with van der Waals surface area (Å²) in [6, 6.07) is 4.65. The number of aryl methyl sites for hydroxylation is 1. The molecule has 0 aromatic heterocycles. The lowest BCUT2D eigenvalue weighted by atomic mass is 9.58. The Hall–Kier alpha value is -1.66. The minimum atomic E-state index is -0.398. The summed E-state index contributed by atoms with van der Waals surface area (Å²) in [6.07, 6.45) is 1.82. The van der Waals surface area contributed by atoms with Crippen LogP contribution in [0.4, 0.5) is 14.9 Å². The van der Waals surface area contributed by atoms with Crippen LogP contribution in [0.3, 0.4) is 0 Å². The van der Waals surface area contributed by atoms with Gasteiger partial charge in [-0.2, -0.15) is 0 Å². The summed E-state index contributed by atoms with van der Waals surface area (Å²) in [7, 11) is 0. The number of likely N-dealkylation sites (tertiary alicyclic amines) is 1. The number of hydrogen-bond donors (Lipinski definition) is 2. The molecule has 0 unspecified atom stereocenters. The van der Waals surface area contributed by atoms with Gasteiger partial charge >= 0.3 is 6.03 Å². The van der Waals surface area contributed by atoms with Gasteiger partial charge in [-0.3, -0.25) is 0 Å². The van der Waals surface area contributed by atoms with Crippen molar-refractivity contribution in [2.45, 2.75) is 45.3 Å². The molecule has 3 rings (SSSR count). The molecule has 2 aliphatic rings. The van der Waals surface area contributed by atoms with E-state index in [0.717, 1.165) is 0 Å². The molecule has 132 valence electrons. The average molecular weight is 336 g/mol. The molecule has 5 nitrogen and oxygen atoms in total. The monoisotopic (exact) mass is 336 g/mol. The number of ether oxygens (including phenoxy) is 1. The Bertz CT molecular complexity index is 612. The third kappa shape index (κ3) is 2.89. The van der Waals surface area contributed by atoms with E-state index in [-0.39, 0.29) is 29.3 Å². The van der Waals surface area contributed by atoms with Crippen molar-refractivity contribution >= 4 is 11.7 Å². The van der Waals surface area contributed by atoms with Gasteiger partial charge in [0.2, 0.25) is 0 Å². The molecule has 2 atom stereocenters. The van der Waals surface area contributed by atoms with Gasteiger partial charge in [-0.15, -0.1) is 0 Å². The SMILES string of the molecule is CCO[C@H]1C[C@H](O)C12CCN(C(=O)Nc1cccc(C)c1F)CC2. The fraction of sp³-hybridized carbons (Fsp3) is 0.611. The number of anilines is 1. The largest absolute Gasteiger partial charge is 0.392 e. The van der Waals surface area contributed by atoms with Crippen LogP contribution in [0, 0.1) is 18.2 Å². The van der Waals surface area contributed by atoms with E-state index in [9.17, 15) is 14.3 Å². The Morgan fingerprint density at radius 3 is 2.79 bits per heavy atom. The lowest BCUT2D eigenvalue weighted by Gasteiger charge is -2.56. The zero-order valence-corrected chi connectivity index (χ0v) is 14.2. The number of halogens is 1. The standard InChI is InChI=1S/C18H25FN2O3/c1-3-24-15-11-14(22)18(15)7-9-21(10-8-18)17(23)20-13-6-4-5-12(2)16(13)19/h4-6,14-15,22H,3,7-11H2,1-2H3,(H,20,23)/t14-,15-/m0/s1. The summed E-state index contributed by atoms with van der Waals surface area (Å²) in [5.41, 5.74) is 0.486. The number of carbonyl (C=O) groups excluding carboxylic acids is 1. The first-order valence-electron chi connectivity index (χ1n) is 8.58. The van der Waals surface area contributed by atoms with Crippen molar-refractivity contribution in [2.24, 2.45) is 5.41 Å². The summed E-state index contributed by atoms with van der Waals surface area (Å²) in [4.78, 5) is 14.1. The number of aliphatic hydroxyl groups excluding tert-OH is 1. The maximum atomic E-state index is 14.0. The molecule has 1 aliphatic carbocycles. The van der Waals surface area contributed by atoms with Crippen molar-refractivity contribution in [3.63, 3.8) is 0 Å². The smallest absolute Gasteiger partial charge is 0.321 e. The normalized spacial score (nSPS) is 25.4. The zero-order valence-electron chi connectivity index (χ0n) is 14.2. The summed E-state index contributed by atoms with van der Waals surface area (Å²) in [5, 5.41) is 12.8. The van der Waals surface area contributed by atoms with Crippen LogP contribution >= 0.6 is 0 Å². The average Bonchev–Trinajstić information content (AvgIpc) is 2.59. The van der Waals surface area contributed by atoms with Gasteiger partial charge in [-0.05, 0) is 38.3 Å². The second-order valence-electron chi connectivity index (χ2n) is 6.78. The van der Waals surface area contributed by atoms with E-state index in [4.69, 9.17) is 4.74 Å². The molecule has 1 saturated heterocycles. The molecule has 1 heterocycles. The van der Waals surface area contributed by atoms with Crippen molar-refractivity contribution in [2.75, 3.05) is 25.0 Å². The highest BCUT2D eigenvalue weighted by molar-refractivity contribution is 5.89. The highest BCUT2D eigenvalue weighted by Crippen LogP contribution is 2.50. The Morgan fingerprint density at radius 2 is 2.17 bits per heavy atom. The van der Waals surface area contributed by atoms with Crippen molar-refractivity contribution in [1.82, 2.24) is 4.90 Å². The highest BCUT2D eigenvalue weighted by atomic mass is 19.1. The van der Waals surface area contributed by atoms with Crippen LogP contribution in [0.15, 0.2) is 18.2 Å². The number of benzene rings is 1. The molecule has 1 saturated carbocycles. The van der Waals surface area contributed by atoms with Crippen LogP contribution in [-0.2, 0) is 4.74 Å². The van der Waals surface area contributed by atoms with Gasteiger partial charge < -0.3 is 20.1 Å². The van der Waals surface area contributed by atoms with Crippen molar-refractivity contribution in [1.29, 1.82) is 0 Å². The summed E-state index contributed by atoms with van der Waals surface area (Å²) >= 11 is 0. The van der Waals surface area contributed by atoms with Gasteiger partial charge in [0.25, 0.3) is 0 Å². The van der Waals surface area contributed by atoms with E-state index in [1.807, 2.05) is 6.92 Å². The third-order valence-electron chi connectivity index (χ3n) is 5.53. The Morgan fingerprint density at radius 1 is 1.46 bits per heavy atom. The second-order valence-corrected chi connectivity index (χ2v) is 6.78. The fourth-order valence-electron chi connectivity index (χ4n) is 3.88. The maximum Gasteiger partial charge on any atom is 0.321 e.